The van der Waals surface area contributed by atoms with Crippen LogP contribution in [-0.4, -0.2) is 36.9 Å². The number of carbonyl (C=O) groups excluding carboxylic acids is 2. The molecule has 0 aromatic heterocycles. The monoisotopic (exact) mass is 457 g/mol. The van der Waals surface area contributed by atoms with Crippen molar-refractivity contribution >= 4 is 57.4 Å². The molecule has 0 heterocycles. The molecule has 0 unspecified atom stereocenters. The van der Waals surface area contributed by atoms with Gasteiger partial charge in [-0.05, 0) is 53.9 Å². The summed E-state index contributed by atoms with van der Waals surface area (Å²) in [5.41, 5.74) is 1.32. The van der Waals surface area contributed by atoms with E-state index >= 15 is 0 Å². The maximum absolute atomic E-state index is 12.1. The van der Waals surface area contributed by atoms with Crippen molar-refractivity contribution in [3.05, 3.63) is 57.1 Å². The molecule has 0 aliphatic rings. The standard InChI is InChI=1S/C17H17ClIN3O2/c1-22(10-16(23)20-14-8-4-2-6-12(14)18)11-17(24)21-15-9-5-3-7-13(15)19/h2-9H,10-11H2,1H3,(H,20,23)(H,21,24). The van der Waals surface area contributed by atoms with Gasteiger partial charge in [0, 0.05) is 3.57 Å². The highest BCUT2D eigenvalue weighted by atomic mass is 127. The van der Waals surface area contributed by atoms with Crippen LogP contribution in [0.3, 0.4) is 0 Å². The van der Waals surface area contributed by atoms with Gasteiger partial charge in [0.15, 0.2) is 0 Å². The minimum atomic E-state index is -0.229. The molecule has 2 aromatic rings. The van der Waals surface area contributed by atoms with Gasteiger partial charge in [0.1, 0.15) is 0 Å². The van der Waals surface area contributed by atoms with Crippen molar-refractivity contribution in [3.63, 3.8) is 0 Å². The molecule has 0 fully saturated rings. The average molecular weight is 458 g/mol. The van der Waals surface area contributed by atoms with Crippen molar-refractivity contribution in [2.24, 2.45) is 0 Å². The summed E-state index contributed by atoms with van der Waals surface area (Å²) in [4.78, 5) is 25.7. The van der Waals surface area contributed by atoms with Gasteiger partial charge in [0.25, 0.3) is 0 Å². The van der Waals surface area contributed by atoms with Crippen molar-refractivity contribution < 1.29 is 9.59 Å². The van der Waals surface area contributed by atoms with Gasteiger partial charge in [-0.3, -0.25) is 14.5 Å². The Bertz CT molecular complexity index is 678. The number of halogens is 2. The lowest BCUT2D eigenvalue weighted by atomic mass is 10.3. The molecule has 126 valence electrons. The Kier molecular flexibility index (Phi) is 7.01. The Morgan fingerprint density at radius 2 is 1.46 bits per heavy atom. The summed E-state index contributed by atoms with van der Waals surface area (Å²) in [5.74, 6) is -0.403. The topological polar surface area (TPSA) is 61.4 Å². The molecule has 0 bridgehead atoms. The van der Waals surface area contributed by atoms with Gasteiger partial charge >= 0.3 is 0 Å². The molecule has 7 heteroatoms. The number of amides is 2. The van der Waals surface area contributed by atoms with Gasteiger partial charge in [-0.15, -0.1) is 0 Å². The average Bonchev–Trinajstić information content (AvgIpc) is 2.51. The maximum atomic E-state index is 12.1. The number of nitrogens with zero attached hydrogens (tertiary/aromatic N) is 1. The fraction of sp³-hybridized carbons (Fsp3) is 0.176. The van der Waals surface area contributed by atoms with Crippen molar-refractivity contribution in [2.45, 2.75) is 0 Å². The lowest BCUT2D eigenvalue weighted by molar-refractivity contribution is -0.119. The first kappa shape index (κ1) is 18.7. The summed E-state index contributed by atoms with van der Waals surface area (Å²) >= 11 is 8.16. The van der Waals surface area contributed by atoms with E-state index in [4.69, 9.17) is 11.6 Å². The quantitative estimate of drug-likeness (QED) is 0.653. The van der Waals surface area contributed by atoms with Crippen LogP contribution < -0.4 is 10.6 Å². The summed E-state index contributed by atoms with van der Waals surface area (Å²) in [7, 11) is 1.71. The number of hydrogen-bond donors (Lipinski definition) is 2. The zero-order valence-corrected chi connectivity index (χ0v) is 16.0. The summed E-state index contributed by atoms with van der Waals surface area (Å²) in [6.07, 6.45) is 0. The number of benzene rings is 2. The number of anilines is 2. The first-order chi connectivity index (χ1) is 11.5. The Balaban J connectivity index is 1.83. The Morgan fingerprint density at radius 1 is 0.958 bits per heavy atom. The van der Waals surface area contributed by atoms with Gasteiger partial charge in [0.05, 0.1) is 29.5 Å². The van der Waals surface area contributed by atoms with Crippen molar-refractivity contribution in [3.8, 4) is 0 Å². The van der Waals surface area contributed by atoms with Crippen molar-refractivity contribution in [1.29, 1.82) is 0 Å². The molecule has 0 saturated heterocycles. The van der Waals surface area contributed by atoms with E-state index in [-0.39, 0.29) is 24.9 Å². The highest BCUT2D eigenvalue weighted by molar-refractivity contribution is 14.1. The van der Waals surface area contributed by atoms with Gasteiger partial charge < -0.3 is 10.6 Å². The molecule has 2 rings (SSSR count). The molecule has 2 amide bonds. The van der Waals surface area contributed by atoms with Crippen LogP contribution in [0.4, 0.5) is 11.4 Å². The third-order valence-electron chi connectivity index (χ3n) is 3.12. The lowest BCUT2D eigenvalue weighted by Gasteiger charge is -2.16. The molecular weight excluding hydrogens is 441 g/mol. The molecular formula is C17H17ClIN3O2. The Labute approximate surface area is 159 Å². The number of likely N-dealkylation sites (N-methyl/N-ethyl adjacent to an activating group) is 1. The van der Waals surface area contributed by atoms with Crippen molar-refractivity contribution in [1.82, 2.24) is 4.90 Å². The van der Waals surface area contributed by atoms with Crippen LogP contribution >= 0.6 is 34.2 Å². The number of rotatable bonds is 6. The normalized spacial score (nSPS) is 10.5. The summed E-state index contributed by atoms with van der Waals surface area (Å²) < 4.78 is 0.961. The number of para-hydroxylation sites is 2. The maximum Gasteiger partial charge on any atom is 0.238 e. The molecule has 0 aliphatic heterocycles. The first-order valence-corrected chi connectivity index (χ1v) is 8.68. The zero-order chi connectivity index (χ0) is 17.5. The largest absolute Gasteiger partial charge is 0.324 e. The fourth-order valence-corrected chi connectivity index (χ4v) is 2.76. The van der Waals surface area contributed by atoms with Crippen LogP contribution in [0.1, 0.15) is 0 Å². The van der Waals surface area contributed by atoms with E-state index in [1.165, 1.54) is 0 Å². The van der Waals surface area contributed by atoms with E-state index in [2.05, 4.69) is 33.2 Å². The highest BCUT2D eigenvalue weighted by Crippen LogP contribution is 2.20. The minimum absolute atomic E-state index is 0.0878. The third kappa shape index (κ3) is 5.77. The zero-order valence-electron chi connectivity index (χ0n) is 13.1. The molecule has 5 nitrogen and oxygen atoms in total. The smallest absolute Gasteiger partial charge is 0.238 e. The van der Waals surface area contributed by atoms with E-state index in [0.717, 1.165) is 9.26 Å². The summed E-state index contributed by atoms with van der Waals surface area (Å²) in [5, 5.41) is 6.04. The molecule has 2 aromatic carbocycles. The summed E-state index contributed by atoms with van der Waals surface area (Å²) in [6, 6.07) is 14.5. The second-order valence-corrected chi connectivity index (χ2v) is 6.80. The molecule has 0 aliphatic carbocycles. The van der Waals surface area contributed by atoms with E-state index in [1.54, 1.807) is 36.2 Å². The SMILES string of the molecule is CN(CC(=O)Nc1ccccc1Cl)CC(=O)Nc1ccccc1I. The van der Waals surface area contributed by atoms with Gasteiger partial charge in [0.2, 0.25) is 11.8 Å². The van der Waals surface area contributed by atoms with Crippen LogP contribution in [0.15, 0.2) is 48.5 Å². The number of carbonyl (C=O) groups is 2. The molecule has 0 saturated carbocycles. The second-order valence-electron chi connectivity index (χ2n) is 5.23. The fourth-order valence-electron chi connectivity index (χ4n) is 2.05. The summed E-state index contributed by atoms with van der Waals surface area (Å²) in [6.45, 7) is 0.200. The molecule has 24 heavy (non-hydrogen) atoms. The van der Waals surface area contributed by atoms with E-state index in [9.17, 15) is 9.59 Å². The van der Waals surface area contributed by atoms with Gasteiger partial charge in [-0.25, -0.2) is 0 Å². The molecule has 0 radical (unpaired) electrons. The minimum Gasteiger partial charge on any atom is -0.324 e. The molecule has 0 spiro atoms. The van der Waals surface area contributed by atoms with Gasteiger partial charge in [-0.2, -0.15) is 0 Å². The van der Waals surface area contributed by atoms with Crippen LogP contribution in [0, 0.1) is 3.57 Å². The third-order valence-corrected chi connectivity index (χ3v) is 4.39. The predicted octanol–water partition coefficient (Wildman–Crippen LogP) is 3.45. The van der Waals surface area contributed by atoms with Crippen LogP contribution in [0.2, 0.25) is 5.02 Å². The Morgan fingerprint density at radius 3 is 2.04 bits per heavy atom. The Hall–Kier alpha value is -1.64. The predicted molar refractivity (Wildman–Crippen MR) is 105 cm³/mol. The van der Waals surface area contributed by atoms with E-state index in [0.29, 0.717) is 10.7 Å². The molecule has 2 N–H and O–H groups in total. The van der Waals surface area contributed by atoms with Crippen LogP contribution in [0.5, 0.6) is 0 Å². The van der Waals surface area contributed by atoms with Gasteiger partial charge in [-0.1, -0.05) is 35.9 Å². The van der Waals surface area contributed by atoms with Crippen LogP contribution in [-0.2, 0) is 9.59 Å². The van der Waals surface area contributed by atoms with E-state index in [1.807, 2.05) is 24.3 Å². The number of nitrogens with one attached hydrogen (secondary N) is 2. The second kappa shape index (κ2) is 9.00. The molecule has 0 atom stereocenters. The van der Waals surface area contributed by atoms with Crippen molar-refractivity contribution in [2.75, 3.05) is 30.8 Å². The highest BCUT2D eigenvalue weighted by Gasteiger charge is 2.12. The van der Waals surface area contributed by atoms with E-state index < -0.39 is 0 Å². The first-order valence-electron chi connectivity index (χ1n) is 7.23. The van der Waals surface area contributed by atoms with Crippen LogP contribution in [0.25, 0.3) is 0 Å². The lowest BCUT2D eigenvalue weighted by Crippen LogP contribution is -2.36. The number of hydrogen-bond acceptors (Lipinski definition) is 3.